The van der Waals surface area contributed by atoms with Crippen LogP contribution in [0.3, 0.4) is 0 Å². The number of ether oxygens (including phenoxy) is 3. The van der Waals surface area contributed by atoms with E-state index in [-0.39, 0.29) is 12.0 Å². The Balaban J connectivity index is 1.33. The van der Waals surface area contributed by atoms with Crippen LogP contribution < -0.4 is 15.9 Å². The van der Waals surface area contributed by atoms with Gasteiger partial charge in [-0.3, -0.25) is 4.79 Å². The predicted molar refractivity (Wildman–Crippen MR) is 278 cm³/mol. The molecule has 11 atom stereocenters. The van der Waals surface area contributed by atoms with Crippen molar-refractivity contribution in [2.75, 3.05) is 47.4 Å². The van der Waals surface area contributed by atoms with Crippen LogP contribution >= 0.6 is 7.26 Å². The van der Waals surface area contributed by atoms with E-state index in [2.05, 4.69) is 142 Å². The van der Waals surface area contributed by atoms with Gasteiger partial charge in [0, 0.05) is 12.5 Å². The van der Waals surface area contributed by atoms with Gasteiger partial charge in [-0.25, -0.2) is 0 Å². The van der Waals surface area contributed by atoms with Crippen LogP contribution in [0, 0.1) is 11.8 Å². The molecule has 0 aromatic heterocycles. The molecule has 3 N–H and O–H groups in total. The average molecular weight is 948 g/mol. The first-order chi connectivity index (χ1) is 31.8. The first-order valence-corrected chi connectivity index (χ1v) is 27.9. The second kappa shape index (κ2) is 25.4. The zero-order valence-electron chi connectivity index (χ0n) is 43.2. The van der Waals surface area contributed by atoms with Gasteiger partial charge < -0.3 is 24.2 Å². The third-order valence-corrected chi connectivity index (χ3v) is 20.3. The number of carbonyl (C=O) groups excluding carboxylic acids is 1. The zero-order valence-corrected chi connectivity index (χ0v) is 44.2. The number of hydrogen-bond acceptors (Lipinski definition) is 10. The van der Waals surface area contributed by atoms with Gasteiger partial charge in [-0.15, -0.1) is 0 Å². The van der Waals surface area contributed by atoms with E-state index in [1.165, 1.54) is 21.5 Å². The summed E-state index contributed by atoms with van der Waals surface area (Å²) >= 11 is 0. The maximum atomic E-state index is 13.6. The van der Waals surface area contributed by atoms with Gasteiger partial charge >= 0.3 is 274 Å². The number of hydrogen-bond donors (Lipinski definition) is 3. The van der Waals surface area contributed by atoms with Crippen LogP contribution in [0.25, 0.3) is 0 Å². The Morgan fingerprint density at radius 1 is 0.806 bits per heavy atom. The van der Waals surface area contributed by atoms with Gasteiger partial charge in [0.25, 0.3) is 0 Å². The van der Waals surface area contributed by atoms with Gasteiger partial charge in [0.05, 0.1) is 18.1 Å². The Kier molecular flexibility index (Phi) is 20.9. The summed E-state index contributed by atoms with van der Waals surface area (Å²) < 4.78 is 19.1. The molecular formula is C56H90N3O7P. The van der Waals surface area contributed by atoms with Crippen LogP contribution in [-0.4, -0.2) is 137 Å². The number of rotatable bonds is 17. The van der Waals surface area contributed by atoms with Crippen molar-refractivity contribution >= 4 is 29.1 Å². The van der Waals surface area contributed by atoms with E-state index in [4.69, 9.17) is 14.2 Å². The Hall–Kier alpha value is -2.76. The SMILES string of the molecule is CC[C@H]1OC(=O)[C@H](C)CC[C@@H](O[C@H]2C[C@@H](N(C)C)C[C@@H](C)O2)[C@](C)(O)C[C@@H](C)CN(CCCCCCC[PH](c2ccccc2)(c2ccccc2)c2ccccc2CN(C)C)[C@H](C)[C@@H](O)[C@]1(C)O. The topological polar surface area (TPSA) is 115 Å². The first kappa shape index (κ1) is 55.2. The van der Waals surface area contributed by atoms with E-state index < -0.39 is 61.0 Å². The van der Waals surface area contributed by atoms with Crippen molar-refractivity contribution in [3.05, 3.63) is 90.5 Å². The number of aliphatic hydroxyl groups excluding tert-OH is 1. The van der Waals surface area contributed by atoms with Crippen molar-refractivity contribution in [2.24, 2.45) is 11.8 Å². The van der Waals surface area contributed by atoms with Crippen molar-refractivity contribution in [3.8, 4) is 0 Å². The molecule has 2 aliphatic rings. The van der Waals surface area contributed by atoms with Crippen LogP contribution in [-0.2, 0) is 25.5 Å². The molecule has 0 unspecified atom stereocenters. The summed E-state index contributed by atoms with van der Waals surface area (Å²) in [5.41, 5.74) is -1.51. The van der Waals surface area contributed by atoms with Gasteiger partial charge in [-0.05, 0) is 53.6 Å². The number of unbranched alkanes of at least 4 members (excludes halogenated alkanes) is 4. The molecule has 2 fully saturated rings. The molecule has 0 aliphatic carbocycles. The Labute approximate surface area is 406 Å². The van der Waals surface area contributed by atoms with Crippen molar-refractivity contribution in [1.82, 2.24) is 14.7 Å². The quantitative estimate of drug-likeness (QED) is 0.0702. The van der Waals surface area contributed by atoms with Gasteiger partial charge in [0.15, 0.2) is 6.29 Å². The van der Waals surface area contributed by atoms with Crippen LogP contribution in [0.4, 0.5) is 0 Å². The van der Waals surface area contributed by atoms with E-state index in [0.29, 0.717) is 44.7 Å². The molecule has 67 heavy (non-hydrogen) atoms. The van der Waals surface area contributed by atoms with Crippen LogP contribution in [0.5, 0.6) is 0 Å². The molecule has 5 rings (SSSR count). The monoisotopic (exact) mass is 948 g/mol. The molecule has 2 heterocycles. The number of cyclic esters (lactones) is 1. The molecule has 376 valence electrons. The number of benzene rings is 3. The molecule has 2 saturated heterocycles. The standard InChI is InChI=1S/C56H90N3O7P/c1-12-50-56(7,63)53(60)44(5)59(39-41(2)38-55(6,62)51(33-32-42(3)54(61)66-50)65-52-37-46(58(10)11)36-43(4)64-52)34-24-14-13-15-25-35-67(47-27-18-16-19-28-47,48-29-20-17-21-30-48)49-31-23-22-26-45(49)40-57(8)9/h16-23,26-31,41-44,46,50-53,60,62-63,67H,12-15,24-25,32-40H2,1-11H3/t41-,42-,43-,44-,46+,50-,51-,52+,53-,55-,56-/m1/s1. The average Bonchev–Trinajstić information content (AvgIpc) is 3.29. The molecule has 3 aromatic rings. The summed E-state index contributed by atoms with van der Waals surface area (Å²) in [5.74, 6) is -0.908. The van der Waals surface area contributed by atoms with Crippen molar-refractivity contribution in [1.29, 1.82) is 0 Å². The van der Waals surface area contributed by atoms with Crippen molar-refractivity contribution < 1.29 is 34.3 Å². The van der Waals surface area contributed by atoms with Crippen molar-refractivity contribution in [2.45, 2.75) is 180 Å². The molecule has 10 nitrogen and oxygen atoms in total. The minimum absolute atomic E-state index is 0.0148. The number of nitrogens with zero attached hydrogens (tertiary/aromatic N) is 3. The molecular weight excluding hydrogens is 858 g/mol. The molecule has 11 heteroatoms. The van der Waals surface area contributed by atoms with E-state index in [0.717, 1.165) is 57.8 Å². The Morgan fingerprint density at radius 3 is 2.01 bits per heavy atom. The predicted octanol–water partition coefficient (Wildman–Crippen LogP) is 7.90. The summed E-state index contributed by atoms with van der Waals surface area (Å²) in [4.78, 5) is 20.4. The second-order valence-corrected chi connectivity index (χ2v) is 25.5. The molecule has 0 amide bonds. The van der Waals surface area contributed by atoms with Crippen LogP contribution in [0.15, 0.2) is 84.9 Å². The van der Waals surface area contributed by atoms with Gasteiger partial charge in [-0.1, -0.05) is 13.8 Å². The Bertz CT molecular complexity index is 1880. The fraction of sp³-hybridized carbons (Fsp3) is 0.661. The number of aliphatic hydroxyl groups is 3. The summed E-state index contributed by atoms with van der Waals surface area (Å²) in [6, 6.07) is 31.4. The molecule has 3 aromatic carbocycles. The molecule has 0 saturated carbocycles. The third-order valence-electron chi connectivity index (χ3n) is 15.2. The first-order valence-electron chi connectivity index (χ1n) is 25.7. The van der Waals surface area contributed by atoms with E-state index >= 15 is 0 Å². The summed E-state index contributed by atoms with van der Waals surface area (Å²) in [6.45, 7) is 15.6. The summed E-state index contributed by atoms with van der Waals surface area (Å²) in [5, 5.41) is 40.8. The fourth-order valence-corrected chi connectivity index (χ4v) is 16.5. The molecule has 2 aliphatic heterocycles. The van der Waals surface area contributed by atoms with Crippen LogP contribution in [0.2, 0.25) is 0 Å². The number of carbonyl (C=O) groups is 1. The number of esters is 1. The molecule has 0 spiro atoms. The maximum absolute atomic E-state index is 13.6. The Morgan fingerprint density at radius 2 is 1.40 bits per heavy atom. The molecule has 0 bridgehead atoms. The fourth-order valence-electron chi connectivity index (χ4n) is 11.3. The van der Waals surface area contributed by atoms with Gasteiger partial charge in [-0.2, -0.15) is 0 Å². The summed E-state index contributed by atoms with van der Waals surface area (Å²) in [6.07, 6.45) is 6.54. The van der Waals surface area contributed by atoms with Crippen molar-refractivity contribution in [3.63, 3.8) is 0 Å². The normalized spacial score (nSPS) is 31.3. The third kappa shape index (κ3) is 14.6. The second-order valence-electron chi connectivity index (χ2n) is 21.5. The van der Waals surface area contributed by atoms with E-state index in [1.54, 1.807) is 6.92 Å². The van der Waals surface area contributed by atoms with Gasteiger partial charge in [0.1, 0.15) is 0 Å². The van der Waals surface area contributed by atoms with E-state index in [1.807, 2.05) is 27.7 Å². The molecule has 0 radical (unpaired) electrons. The summed E-state index contributed by atoms with van der Waals surface area (Å²) in [7, 11) is 6.05. The van der Waals surface area contributed by atoms with Gasteiger partial charge in [0.2, 0.25) is 0 Å². The van der Waals surface area contributed by atoms with E-state index in [9.17, 15) is 20.1 Å². The minimum atomic E-state index is -2.42. The zero-order chi connectivity index (χ0) is 48.9. The van der Waals surface area contributed by atoms with Crippen LogP contribution in [0.1, 0.15) is 125 Å².